The summed E-state index contributed by atoms with van der Waals surface area (Å²) in [4.78, 5) is 10.2. The number of hydrogen-bond donors (Lipinski definition) is 2. The van der Waals surface area contributed by atoms with Gasteiger partial charge in [-0.05, 0) is 32.0 Å². The van der Waals surface area contributed by atoms with Crippen molar-refractivity contribution < 1.29 is 13.2 Å². The Morgan fingerprint density at radius 2 is 1.92 bits per heavy atom. The van der Waals surface area contributed by atoms with E-state index in [-0.39, 0.29) is 11.3 Å². The number of fused-ring (bicyclic) bond motifs is 1. The molecule has 124 valence electrons. The van der Waals surface area contributed by atoms with Crippen LogP contribution in [0.2, 0.25) is 0 Å². The average molecular weight is 333 g/mol. The Morgan fingerprint density at radius 1 is 1.17 bits per heavy atom. The number of halogens is 3. The van der Waals surface area contributed by atoms with E-state index in [0.29, 0.717) is 5.39 Å². The molecule has 3 rings (SSSR count). The number of alkyl halides is 3. The van der Waals surface area contributed by atoms with Gasteiger partial charge in [0.25, 0.3) is 0 Å². The number of aromatic nitrogens is 3. The van der Waals surface area contributed by atoms with E-state index < -0.39 is 12.0 Å². The van der Waals surface area contributed by atoms with Crippen molar-refractivity contribution in [2.45, 2.75) is 20.0 Å². The van der Waals surface area contributed by atoms with Gasteiger partial charge in [0.15, 0.2) is 5.82 Å². The first-order valence-electron chi connectivity index (χ1n) is 7.14. The summed E-state index contributed by atoms with van der Waals surface area (Å²) in [5.41, 5.74) is 5.52. The Balaban J connectivity index is 1.97. The number of nitrogens with zero attached hydrogens (tertiary/aromatic N) is 3. The van der Waals surface area contributed by atoms with Gasteiger partial charge in [-0.25, -0.2) is 9.97 Å². The number of aromatic amines is 1. The molecule has 1 aromatic carbocycles. The minimum absolute atomic E-state index is 0.00841. The zero-order chi connectivity index (χ0) is 17.3. The minimum atomic E-state index is -4.63. The molecule has 0 spiro atoms. The number of para-hydroxylation sites is 1. The van der Waals surface area contributed by atoms with Crippen LogP contribution in [0.3, 0.4) is 0 Å². The topological polar surface area (TPSA) is 66.0 Å². The normalized spacial score (nSPS) is 12.2. The number of hydrazone groups is 1. The second-order valence-corrected chi connectivity index (χ2v) is 5.31. The monoisotopic (exact) mass is 333 g/mol. The number of hydrogen-bond acceptors (Lipinski definition) is 4. The summed E-state index contributed by atoms with van der Waals surface area (Å²) in [6, 6.07) is 8.35. The molecule has 8 heteroatoms. The van der Waals surface area contributed by atoms with Crippen molar-refractivity contribution in [2.75, 3.05) is 5.43 Å². The molecule has 3 aromatic rings. The van der Waals surface area contributed by atoms with E-state index in [9.17, 15) is 13.2 Å². The average Bonchev–Trinajstić information content (AvgIpc) is 2.84. The molecule has 0 bridgehead atoms. The Labute approximate surface area is 135 Å². The third-order valence-electron chi connectivity index (χ3n) is 3.42. The molecule has 2 aromatic heterocycles. The van der Waals surface area contributed by atoms with Gasteiger partial charge in [0.05, 0.1) is 11.7 Å². The van der Waals surface area contributed by atoms with E-state index >= 15 is 0 Å². The fourth-order valence-corrected chi connectivity index (χ4v) is 2.33. The van der Waals surface area contributed by atoms with E-state index in [0.717, 1.165) is 17.0 Å². The fourth-order valence-electron chi connectivity index (χ4n) is 2.33. The van der Waals surface area contributed by atoms with Crippen LogP contribution in [0.4, 0.5) is 19.0 Å². The fraction of sp³-hybridized carbons (Fsp3) is 0.188. The lowest BCUT2D eigenvalue weighted by molar-refractivity contribution is -0.144. The second kappa shape index (κ2) is 5.95. The maximum Gasteiger partial charge on any atom is 0.451 e. The molecule has 0 atom stereocenters. The summed E-state index contributed by atoms with van der Waals surface area (Å²) in [6.45, 7) is 3.79. The van der Waals surface area contributed by atoms with Crippen LogP contribution in [-0.2, 0) is 6.18 Å². The number of H-pyrrole nitrogens is 1. The number of nitrogens with one attached hydrogen (secondary N) is 2. The maximum absolute atomic E-state index is 12.9. The van der Waals surface area contributed by atoms with Crippen molar-refractivity contribution in [2.24, 2.45) is 5.10 Å². The predicted octanol–water partition coefficient (Wildman–Crippen LogP) is 4.04. The van der Waals surface area contributed by atoms with Crippen LogP contribution in [0.25, 0.3) is 10.9 Å². The SMILES string of the molecule is Cc1cc(/C=N/Nc2nc(C(F)(F)F)nc3ccccc23)c(C)[nH]1. The number of aryl methyl sites for hydroxylation is 2. The lowest BCUT2D eigenvalue weighted by Crippen LogP contribution is -2.12. The van der Waals surface area contributed by atoms with E-state index in [1.807, 2.05) is 19.9 Å². The summed E-state index contributed by atoms with van der Waals surface area (Å²) in [5, 5.41) is 4.47. The summed E-state index contributed by atoms with van der Waals surface area (Å²) >= 11 is 0. The number of rotatable bonds is 3. The van der Waals surface area contributed by atoms with Crippen LogP contribution >= 0.6 is 0 Å². The highest BCUT2D eigenvalue weighted by Crippen LogP contribution is 2.30. The molecule has 24 heavy (non-hydrogen) atoms. The van der Waals surface area contributed by atoms with Gasteiger partial charge in [-0.15, -0.1) is 0 Å². The smallest absolute Gasteiger partial charge is 0.362 e. The van der Waals surface area contributed by atoms with Crippen LogP contribution in [-0.4, -0.2) is 21.2 Å². The van der Waals surface area contributed by atoms with E-state index in [1.165, 1.54) is 12.3 Å². The van der Waals surface area contributed by atoms with Crippen molar-refractivity contribution in [3.8, 4) is 0 Å². The van der Waals surface area contributed by atoms with Gasteiger partial charge in [-0.3, -0.25) is 5.43 Å². The molecule has 2 heterocycles. The Hall–Kier alpha value is -2.90. The van der Waals surface area contributed by atoms with Crippen molar-refractivity contribution in [1.82, 2.24) is 15.0 Å². The summed E-state index contributed by atoms with van der Waals surface area (Å²) in [6.07, 6.45) is -3.10. The zero-order valence-corrected chi connectivity index (χ0v) is 12.9. The highest BCUT2D eigenvalue weighted by atomic mass is 19.4. The molecule has 0 saturated heterocycles. The Kier molecular flexibility index (Phi) is 3.96. The van der Waals surface area contributed by atoms with Gasteiger partial charge >= 0.3 is 6.18 Å². The minimum Gasteiger partial charge on any atom is -0.362 e. The molecule has 0 radical (unpaired) electrons. The van der Waals surface area contributed by atoms with Crippen molar-refractivity contribution >= 4 is 22.9 Å². The standard InChI is InChI=1S/C16H14F3N5/c1-9-7-11(10(2)21-9)8-20-24-14-12-5-3-4-6-13(12)22-15(23-14)16(17,18)19/h3-8,21H,1-2H3,(H,22,23,24)/b20-8+. The molecule has 0 saturated carbocycles. The molecule has 5 nitrogen and oxygen atoms in total. The summed E-state index contributed by atoms with van der Waals surface area (Å²) in [5.74, 6) is -1.19. The van der Waals surface area contributed by atoms with E-state index in [1.54, 1.807) is 18.2 Å². The highest BCUT2D eigenvalue weighted by molar-refractivity contribution is 5.90. The molecule has 0 amide bonds. The van der Waals surface area contributed by atoms with Crippen molar-refractivity contribution in [1.29, 1.82) is 0 Å². The summed E-state index contributed by atoms with van der Waals surface area (Å²) < 4.78 is 38.8. The lowest BCUT2D eigenvalue weighted by atomic mass is 10.2. The highest BCUT2D eigenvalue weighted by Gasteiger charge is 2.35. The predicted molar refractivity (Wildman–Crippen MR) is 86.0 cm³/mol. The Morgan fingerprint density at radius 3 is 2.58 bits per heavy atom. The number of anilines is 1. The van der Waals surface area contributed by atoms with Crippen molar-refractivity contribution in [3.05, 3.63) is 53.1 Å². The largest absolute Gasteiger partial charge is 0.451 e. The zero-order valence-electron chi connectivity index (χ0n) is 12.9. The Bertz CT molecular complexity index is 912. The molecular weight excluding hydrogens is 319 g/mol. The van der Waals surface area contributed by atoms with Crippen LogP contribution in [0.15, 0.2) is 35.4 Å². The third-order valence-corrected chi connectivity index (χ3v) is 3.42. The molecule has 2 N–H and O–H groups in total. The van der Waals surface area contributed by atoms with Crippen LogP contribution < -0.4 is 5.43 Å². The van der Waals surface area contributed by atoms with Crippen LogP contribution in [0.5, 0.6) is 0 Å². The molecule has 0 fully saturated rings. The van der Waals surface area contributed by atoms with Gasteiger partial charge in [0, 0.05) is 22.3 Å². The van der Waals surface area contributed by atoms with Crippen LogP contribution in [0, 0.1) is 13.8 Å². The maximum atomic E-state index is 12.9. The molecule has 0 aliphatic carbocycles. The quantitative estimate of drug-likeness (QED) is 0.561. The van der Waals surface area contributed by atoms with Gasteiger partial charge in [0.1, 0.15) is 0 Å². The molecule has 0 aliphatic heterocycles. The number of benzene rings is 1. The molecule has 0 aliphatic rings. The molecular formula is C16H14F3N5. The lowest BCUT2D eigenvalue weighted by Gasteiger charge is -2.09. The summed E-state index contributed by atoms with van der Waals surface area (Å²) in [7, 11) is 0. The van der Waals surface area contributed by atoms with E-state index in [4.69, 9.17) is 0 Å². The first-order valence-corrected chi connectivity index (χ1v) is 7.14. The van der Waals surface area contributed by atoms with Gasteiger partial charge < -0.3 is 4.98 Å². The first kappa shape index (κ1) is 16.0. The van der Waals surface area contributed by atoms with Gasteiger partial charge in [0.2, 0.25) is 5.82 Å². The van der Waals surface area contributed by atoms with Crippen molar-refractivity contribution in [3.63, 3.8) is 0 Å². The van der Waals surface area contributed by atoms with Crippen LogP contribution in [0.1, 0.15) is 22.8 Å². The third kappa shape index (κ3) is 3.22. The van der Waals surface area contributed by atoms with Gasteiger partial charge in [-0.2, -0.15) is 18.3 Å². The molecule has 0 unspecified atom stereocenters. The van der Waals surface area contributed by atoms with Gasteiger partial charge in [-0.1, -0.05) is 12.1 Å². The first-order chi connectivity index (χ1) is 11.3. The van der Waals surface area contributed by atoms with E-state index in [2.05, 4.69) is 25.5 Å². The second-order valence-electron chi connectivity index (χ2n) is 5.31.